The SMILES string of the molecule is CC/C=C(/C(=C\c1ccccc1C)OC)c1cccc2c(CCC(=O)O)cccc12. The van der Waals surface area contributed by atoms with Gasteiger partial charge in [0.05, 0.1) is 7.11 Å². The van der Waals surface area contributed by atoms with Crippen LogP contribution in [0.2, 0.25) is 0 Å². The largest absolute Gasteiger partial charge is 0.496 e. The first-order valence-corrected chi connectivity index (χ1v) is 10.3. The Labute approximate surface area is 178 Å². The lowest BCUT2D eigenvalue weighted by Crippen LogP contribution is -1.99. The highest BCUT2D eigenvalue weighted by atomic mass is 16.5. The van der Waals surface area contributed by atoms with Crippen molar-refractivity contribution < 1.29 is 14.6 Å². The van der Waals surface area contributed by atoms with E-state index in [2.05, 4.69) is 56.3 Å². The third-order valence-corrected chi connectivity index (χ3v) is 5.28. The van der Waals surface area contributed by atoms with Gasteiger partial charge in [0.2, 0.25) is 0 Å². The van der Waals surface area contributed by atoms with Gasteiger partial charge < -0.3 is 9.84 Å². The van der Waals surface area contributed by atoms with Crippen LogP contribution >= 0.6 is 0 Å². The van der Waals surface area contributed by atoms with Gasteiger partial charge in [0.15, 0.2) is 0 Å². The topological polar surface area (TPSA) is 46.5 Å². The Kier molecular flexibility index (Phi) is 7.08. The van der Waals surface area contributed by atoms with Gasteiger partial charge in [-0.1, -0.05) is 73.7 Å². The van der Waals surface area contributed by atoms with Gasteiger partial charge in [-0.2, -0.15) is 0 Å². The van der Waals surface area contributed by atoms with E-state index >= 15 is 0 Å². The van der Waals surface area contributed by atoms with Gasteiger partial charge in [0.25, 0.3) is 0 Å². The van der Waals surface area contributed by atoms with Crippen LogP contribution in [0.3, 0.4) is 0 Å². The highest BCUT2D eigenvalue weighted by molar-refractivity contribution is 5.99. The second-order valence-electron chi connectivity index (χ2n) is 7.31. The summed E-state index contributed by atoms with van der Waals surface area (Å²) in [6.07, 6.45) is 5.78. The number of allylic oxidation sites excluding steroid dienone is 2. The van der Waals surface area contributed by atoms with Gasteiger partial charge in [-0.15, -0.1) is 0 Å². The maximum absolute atomic E-state index is 11.1. The van der Waals surface area contributed by atoms with Crippen LogP contribution in [0.1, 0.15) is 42.0 Å². The van der Waals surface area contributed by atoms with E-state index in [1.807, 2.05) is 30.3 Å². The summed E-state index contributed by atoms with van der Waals surface area (Å²) in [5.41, 5.74) is 5.50. The number of methoxy groups -OCH3 is 1. The molecule has 3 rings (SSSR count). The molecule has 0 aliphatic heterocycles. The second kappa shape index (κ2) is 9.93. The molecule has 0 bridgehead atoms. The number of rotatable bonds is 8. The third-order valence-electron chi connectivity index (χ3n) is 5.28. The Balaban J connectivity index is 2.14. The molecule has 1 N–H and O–H groups in total. The van der Waals surface area contributed by atoms with Crippen LogP contribution in [0.15, 0.2) is 72.5 Å². The molecule has 0 amide bonds. The van der Waals surface area contributed by atoms with Crippen molar-refractivity contribution in [2.75, 3.05) is 7.11 Å². The van der Waals surface area contributed by atoms with E-state index < -0.39 is 5.97 Å². The Morgan fingerprint density at radius 1 is 1.00 bits per heavy atom. The first kappa shape index (κ1) is 21.4. The summed E-state index contributed by atoms with van der Waals surface area (Å²) in [7, 11) is 1.71. The summed E-state index contributed by atoms with van der Waals surface area (Å²) in [4.78, 5) is 11.1. The summed E-state index contributed by atoms with van der Waals surface area (Å²) in [6, 6.07) is 20.6. The predicted octanol–water partition coefficient (Wildman–Crippen LogP) is 6.65. The molecule has 0 atom stereocenters. The van der Waals surface area contributed by atoms with Gasteiger partial charge in [0.1, 0.15) is 5.76 Å². The zero-order valence-electron chi connectivity index (χ0n) is 17.8. The normalized spacial score (nSPS) is 12.2. The second-order valence-corrected chi connectivity index (χ2v) is 7.31. The number of hydrogen-bond acceptors (Lipinski definition) is 2. The van der Waals surface area contributed by atoms with E-state index in [0.29, 0.717) is 6.42 Å². The minimum atomic E-state index is -0.780. The molecule has 0 saturated heterocycles. The summed E-state index contributed by atoms with van der Waals surface area (Å²) < 4.78 is 5.85. The summed E-state index contributed by atoms with van der Waals surface area (Å²) in [5, 5.41) is 11.3. The first-order chi connectivity index (χ1) is 14.5. The van der Waals surface area contributed by atoms with Gasteiger partial charge in [-0.3, -0.25) is 4.79 Å². The van der Waals surface area contributed by atoms with Crippen LogP contribution in [0.5, 0.6) is 0 Å². The van der Waals surface area contributed by atoms with Crippen LogP contribution in [0, 0.1) is 6.92 Å². The van der Waals surface area contributed by atoms with Gasteiger partial charge in [-0.25, -0.2) is 0 Å². The standard InChI is InChI=1S/C27H28O3/c1-4-9-25(26(30-3)18-21-11-6-5-10-19(21)2)24-15-8-13-22-20(16-17-27(28)29)12-7-14-23(22)24/h5-15,18H,4,16-17H2,1-3H3,(H,28,29)/b25-9+,26-18+. The van der Waals surface area contributed by atoms with E-state index in [9.17, 15) is 4.79 Å². The molecule has 0 aliphatic carbocycles. The molecule has 0 spiro atoms. The van der Waals surface area contributed by atoms with Crippen molar-refractivity contribution in [1.82, 2.24) is 0 Å². The van der Waals surface area contributed by atoms with Crippen molar-refractivity contribution in [3.8, 4) is 0 Å². The number of aliphatic carboxylic acids is 1. The molecular formula is C27H28O3. The van der Waals surface area contributed by atoms with Crippen molar-refractivity contribution in [2.24, 2.45) is 0 Å². The lowest BCUT2D eigenvalue weighted by atomic mass is 9.92. The number of carbonyl (C=O) groups is 1. The third kappa shape index (κ3) is 4.80. The van der Waals surface area contributed by atoms with Crippen molar-refractivity contribution in [3.63, 3.8) is 0 Å². The lowest BCUT2D eigenvalue weighted by molar-refractivity contribution is -0.136. The molecule has 3 heteroatoms. The molecule has 0 heterocycles. The number of benzene rings is 3. The summed E-state index contributed by atoms with van der Waals surface area (Å²) in [5.74, 6) is 0.0344. The molecule has 0 radical (unpaired) electrons. The van der Waals surface area contributed by atoms with Crippen molar-refractivity contribution in [2.45, 2.75) is 33.1 Å². The fraction of sp³-hybridized carbons (Fsp3) is 0.222. The van der Waals surface area contributed by atoms with E-state index in [1.165, 1.54) is 5.56 Å². The van der Waals surface area contributed by atoms with Crippen LogP contribution < -0.4 is 0 Å². The minimum absolute atomic E-state index is 0.123. The minimum Gasteiger partial charge on any atom is -0.496 e. The highest BCUT2D eigenvalue weighted by Crippen LogP contribution is 2.33. The zero-order chi connectivity index (χ0) is 21.5. The van der Waals surface area contributed by atoms with E-state index in [0.717, 1.165) is 45.2 Å². The Morgan fingerprint density at radius 2 is 1.73 bits per heavy atom. The average Bonchev–Trinajstić information content (AvgIpc) is 2.75. The first-order valence-electron chi connectivity index (χ1n) is 10.3. The van der Waals surface area contributed by atoms with E-state index in [1.54, 1.807) is 7.11 Å². The Bertz CT molecular complexity index is 1110. The molecule has 0 saturated carbocycles. The van der Waals surface area contributed by atoms with Crippen molar-refractivity contribution in [1.29, 1.82) is 0 Å². The van der Waals surface area contributed by atoms with Gasteiger partial charge in [-0.05, 0) is 58.9 Å². The van der Waals surface area contributed by atoms with Crippen molar-refractivity contribution >= 4 is 28.4 Å². The number of aryl methyl sites for hydroxylation is 2. The fourth-order valence-corrected chi connectivity index (χ4v) is 3.75. The van der Waals surface area contributed by atoms with Gasteiger partial charge >= 0.3 is 5.97 Å². The Hall–Kier alpha value is -3.33. The fourth-order valence-electron chi connectivity index (χ4n) is 3.75. The maximum Gasteiger partial charge on any atom is 0.303 e. The summed E-state index contributed by atoms with van der Waals surface area (Å²) in [6.45, 7) is 4.21. The lowest BCUT2D eigenvalue weighted by Gasteiger charge is -2.16. The van der Waals surface area contributed by atoms with Crippen LogP contribution in [-0.2, 0) is 16.0 Å². The van der Waals surface area contributed by atoms with Crippen LogP contribution in [-0.4, -0.2) is 18.2 Å². The molecular weight excluding hydrogens is 372 g/mol. The predicted molar refractivity (Wildman–Crippen MR) is 124 cm³/mol. The molecule has 154 valence electrons. The van der Waals surface area contributed by atoms with Crippen LogP contribution in [0.4, 0.5) is 0 Å². The smallest absolute Gasteiger partial charge is 0.303 e. The van der Waals surface area contributed by atoms with Crippen LogP contribution in [0.25, 0.3) is 22.4 Å². The molecule has 0 aliphatic rings. The number of carboxylic acid groups (broad SMARTS) is 1. The molecule has 0 fully saturated rings. The molecule has 0 unspecified atom stereocenters. The number of carboxylic acids is 1. The summed E-state index contributed by atoms with van der Waals surface area (Å²) >= 11 is 0. The molecule has 30 heavy (non-hydrogen) atoms. The van der Waals surface area contributed by atoms with E-state index in [4.69, 9.17) is 9.84 Å². The number of hydrogen-bond donors (Lipinski definition) is 1. The number of fused-ring (bicyclic) bond motifs is 1. The maximum atomic E-state index is 11.1. The molecule has 0 aromatic heterocycles. The zero-order valence-corrected chi connectivity index (χ0v) is 17.8. The quantitative estimate of drug-likeness (QED) is 0.340. The molecule has 3 aromatic rings. The Morgan fingerprint density at radius 3 is 2.43 bits per heavy atom. The monoisotopic (exact) mass is 400 g/mol. The number of ether oxygens (including phenoxy) is 1. The molecule has 3 nitrogen and oxygen atoms in total. The highest BCUT2D eigenvalue weighted by Gasteiger charge is 2.14. The van der Waals surface area contributed by atoms with Gasteiger partial charge in [0, 0.05) is 12.0 Å². The van der Waals surface area contributed by atoms with Crippen molar-refractivity contribution in [3.05, 3.63) is 94.8 Å². The molecule has 3 aromatic carbocycles. The van der Waals surface area contributed by atoms with E-state index in [-0.39, 0.29) is 6.42 Å². The average molecular weight is 401 g/mol.